The van der Waals surface area contributed by atoms with Crippen LogP contribution in [0.1, 0.15) is 31.7 Å². The first kappa shape index (κ1) is 10.7. The number of rotatable bonds is 5. The molecule has 0 saturated carbocycles. The molecule has 1 unspecified atom stereocenters. The molecule has 1 aromatic heterocycles. The maximum Gasteiger partial charge on any atom is 0.0930 e. The Morgan fingerprint density at radius 3 is 2.85 bits per heavy atom. The van der Waals surface area contributed by atoms with Crippen LogP contribution >= 0.6 is 11.3 Å². The Kier molecular flexibility index (Phi) is 3.88. The van der Waals surface area contributed by atoms with Gasteiger partial charge in [0.1, 0.15) is 0 Å². The van der Waals surface area contributed by atoms with Gasteiger partial charge in [-0.25, -0.2) is 4.98 Å². The molecule has 0 aliphatic heterocycles. The maximum atomic E-state index is 5.79. The lowest BCUT2D eigenvalue weighted by Gasteiger charge is -2.26. The van der Waals surface area contributed by atoms with E-state index in [2.05, 4.69) is 18.8 Å². The molecule has 0 saturated heterocycles. The summed E-state index contributed by atoms with van der Waals surface area (Å²) in [6.45, 7) is 5.20. The van der Waals surface area contributed by atoms with Crippen molar-refractivity contribution in [3.8, 4) is 0 Å². The molecule has 74 valence electrons. The molecule has 0 fully saturated rings. The van der Waals surface area contributed by atoms with Crippen LogP contribution in [-0.4, -0.2) is 11.5 Å². The van der Waals surface area contributed by atoms with Crippen molar-refractivity contribution in [2.75, 3.05) is 6.54 Å². The molecule has 2 N–H and O–H groups in total. The fourth-order valence-corrected chi connectivity index (χ4v) is 2.40. The van der Waals surface area contributed by atoms with Gasteiger partial charge in [-0.2, -0.15) is 0 Å². The molecule has 1 heterocycles. The highest BCUT2D eigenvalue weighted by Crippen LogP contribution is 2.27. The van der Waals surface area contributed by atoms with E-state index in [-0.39, 0.29) is 5.41 Å². The van der Waals surface area contributed by atoms with E-state index in [1.165, 1.54) is 17.8 Å². The van der Waals surface area contributed by atoms with Crippen molar-refractivity contribution in [3.63, 3.8) is 0 Å². The highest BCUT2D eigenvalue weighted by Gasteiger charge is 2.22. The number of aromatic nitrogens is 1. The highest BCUT2D eigenvalue weighted by molar-refractivity contribution is 7.09. The predicted molar refractivity (Wildman–Crippen MR) is 57.9 cm³/mol. The summed E-state index contributed by atoms with van der Waals surface area (Å²) in [6, 6.07) is 0. The summed E-state index contributed by atoms with van der Waals surface area (Å²) in [7, 11) is 0. The third-order valence-corrected chi connectivity index (χ3v) is 3.19. The Bertz CT molecular complexity index is 233. The fraction of sp³-hybridized carbons (Fsp3) is 0.700. The molecule has 1 atom stereocenters. The molecule has 13 heavy (non-hydrogen) atoms. The number of nitrogens with zero attached hydrogens (tertiary/aromatic N) is 1. The van der Waals surface area contributed by atoms with Gasteiger partial charge in [0.15, 0.2) is 0 Å². The quantitative estimate of drug-likeness (QED) is 0.789. The lowest BCUT2D eigenvalue weighted by atomic mass is 9.83. The van der Waals surface area contributed by atoms with Crippen molar-refractivity contribution in [1.82, 2.24) is 4.98 Å². The topological polar surface area (TPSA) is 38.9 Å². The average Bonchev–Trinajstić information content (AvgIpc) is 2.57. The zero-order valence-electron chi connectivity index (χ0n) is 8.42. The molecule has 0 spiro atoms. The van der Waals surface area contributed by atoms with Gasteiger partial charge in [-0.15, -0.1) is 11.3 Å². The molecule has 0 bridgehead atoms. The Labute approximate surface area is 84.2 Å². The maximum absolute atomic E-state index is 5.79. The van der Waals surface area contributed by atoms with Crippen LogP contribution in [0.25, 0.3) is 0 Å². The van der Waals surface area contributed by atoms with E-state index in [0.29, 0.717) is 0 Å². The number of thiazole rings is 1. The lowest BCUT2D eigenvalue weighted by Crippen LogP contribution is -2.29. The van der Waals surface area contributed by atoms with Crippen molar-refractivity contribution in [2.24, 2.45) is 11.1 Å². The Morgan fingerprint density at radius 2 is 2.38 bits per heavy atom. The second-order valence-corrected chi connectivity index (χ2v) is 4.85. The van der Waals surface area contributed by atoms with E-state index in [1.807, 2.05) is 11.6 Å². The van der Waals surface area contributed by atoms with Crippen molar-refractivity contribution in [2.45, 2.75) is 33.1 Å². The van der Waals surface area contributed by atoms with Gasteiger partial charge in [-0.1, -0.05) is 20.3 Å². The summed E-state index contributed by atoms with van der Waals surface area (Å²) in [5.41, 5.74) is 6.03. The molecule has 3 heteroatoms. The number of hydrogen-bond acceptors (Lipinski definition) is 3. The highest BCUT2D eigenvalue weighted by atomic mass is 32.1. The third kappa shape index (κ3) is 3.08. The molecular weight excluding hydrogens is 180 g/mol. The first-order valence-electron chi connectivity index (χ1n) is 4.78. The second-order valence-electron chi connectivity index (χ2n) is 3.87. The molecule has 1 rings (SSSR count). The number of hydrogen-bond donors (Lipinski definition) is 1. The van der Waals surface area contributed by atoms with Crippen molar-refractivity contribution < 1.29 is 0 Å². The summed E-state index contributed by atoms with van der Waals surface area (Å²) in [5.74, 6) is 0. The normalized spacial score (nSPS) is 15.6. The molecule has 0 radical (unpaired) electrons. The molecule has 0 aliphatic rings. The Balaban J connectivity index is 2.58. The summed E-state index contributed by atoms with van der Waals surface area (Å²) in [6.07, 6.45) is 5.26. The Hall–Kier alpha value is -0.410. The summed E-state index contributed by atoms with van der Waals surface area (Å²) >= 11 is 1.72. The van der Waals surface area contributed by atoms with Gasteiger partial charge in [0, 0.05) is 18.0 Å². The van der Waals surface area contributed by atoms with Gasteiger partial charge < -0.3 is 5.73 Å². The van der Waals surface area contributed by atoms with Crippen molar-refractivity contribution >= 4 is 11.3 Å². The van der Waals surface area contributed by atoms with Gasteiger partial charge >= 0.3 is 0 Å². The smallest absolute Gasteiger partial charge is 0.0930 e. The minimum atomic E-state index is 0.243. The standard InChI is InChI=1S/C10H18N2S/c1-3-4-10(2,8-11)7-9-12-5-6-13-9/h5-6H,3-4,7-8,11H2,1-2H3. The lowest BCUT2D eigenvalue weighted by molar-refractivity contribution is 0.302. The second kappa shape index (κ2) is 4.72. The van der Waals surface area contributed by atoms with Crippen LogP contribution < -0.4 is 5.73 Å². The van der Waals surface area contributed by atoms with Crippen LogP contribution in [0.2, 0.25) is 0 Å². The van der Waals surface area contributed by atoms with Crippen LogP contribution in [-0.2, 0) is 6.42 Å². The van der Waals surface area contributed by atoms with Gasteiger partial charge in [-0.05, 0) is 18.4 Å². The minimum Gasteiger partial charge on any atom is -0.330 e. The summed E-state index contributed by atoms with van der Waals surface area (Å²) in [5, 5.41) is 3.24. The van der Waals surface area contributed by atoms with E-state index in [4.69, 9.17) is 5.73 Å². The Morgan fingerprint density at radius 1 is 1.62 bits per heavy atom. The molecule has 0 aromatic carbocycles. The first-order chi connectivity index (χ1) is 6.20. The van der Waals surface area contributed by atoms with E-state index in [1.54, 1.807) is 11.3 Å². The number of nitrogens with two attached hydrogens (primary N) is 1. The van der Waals surface area contributed by atoms with Crippen LogP contribution in [0.15, 0.2) is 11.6 Å². The molecule has 0 aliphatic carbocycles. The first-order valence-corrected chi connectivity index (χ1v) is 5.66. The van der Waals surface area contributed by atoms with Gasteiger partial charge in [0.05, 0.1) is 5.01 Å². The average molecular weight is 198 g/mol. The molecule has 1 aromatic rings. The van der Waals surface area contributed by atoms with Gasteiger partial charge in [-0.3, -0.25) is 0 Å². The summed E-state index contributed by atoms with van der Waals surface area (Å²) in [4.78, 5) is 4.29. The van der Waals surface area contributed by atoms with Crippen LogP contribution in [0, 0.1) is 5.41 Å². The van der Waals surface area contributed by atoms with E-state index >= 15 is 0 Å². The summed E-state index contributed by atoms with van der Waals surface area (Å²) < 4.78 is 0. The van der Waals surface area contributed by atoms with E-state index in [9.17, 15) is 0 Å². The van der Waals surface area contributed by atoms with Crippen LogP contribution in [0.5, 0.6) is 0 Å². The predicted octanol–water partition coefficient (Wildman–Crippen LogP) is 2.45. The third-order valence-electron chi connectivity index (χ3n) is 2.41. The largest absolute Gasteiger partial charge is 0.330 e. The van der Waals surface area contributed by atoms with E-state index in [0.717, 1.165) is 13.0 Å². The molecule has 2 nitrogen and oxygen atoms in total. The van der Waals surface area contributed by atoms with E-state index < -0.39 is 0 Å². The molecular formula is C10H18N2S. The van der Waals surface area contributed by atoms with Crippen LogP contribution in [0.3, 0.4) is 0 Å². The zero-order chi connectivity index (χ0) is 9.73. The minimum absolute atomic E-state index is 0.243. The van der Waals surface area contributed by atoms with Gasteiger partial charge in [0.25, 0.3) is 0 Å². The monoisotopic (exact) mass is 198 g/mol. The van der Waals surface area contributed by atoms with Crippen molar-refractivity contribution in [1.29, 1.82) is 0 Å². The zero-order valence-corrected chi connectivity index (χ0v) is 9.23. The van der Waals surface area contributed by atoms with Crippen LogP contribution in [0.4, 0.5) is 0 Å². The SMILES string of the molecule is CCCC(C)(CN)Cc1nccs1. The van der Waals surface area contributed by atoms with Gasteiger partial charge in [0.2, 0.25) is 0 Å². The fourth-order valence-electron chi connectivity index (χ4n) is 1.57. The molecule has 0 amide bonds. The van der Waals surface area contributed by atoms with Crippen molar-refractivity contribution in [3.05, 3.63) is 16.6 Å².